The number of imide groups is 1. The van der Waals surface area contributed by atoms with Crippen molar-refractivity contribution < 1.29 is 18.8 Å². The largest absolute Gasteiger partial charge is 0.467 e. The predicted octanol–water partition coefficient (Wildman–Crippen LogP) is 4.51. The fraction of sp³-hybridized carbons (Fsp3) is 0.240. The summed E-state index contributed by atoms with van der Waals surface area (Å²) in [5, 5.41) is 0. The van der Waals surface area contributed by atoms with Gasteiger partial charge in [0, 0.05) is 18.7 Å². The first-order valence-electron chi connectivity index (χ1n) is 10.3. The summed E-state index contributed by atoms with van der Waals surface area (Å²) in [6.45, 7) is 4.41. The van der Waals surface area contributed by atoms with Gasteiger partial charge >= 0.3 is 0 Å². The Morgan fingerprint density at radius 2 is 1.65 bits per heavy atom. The molecule has 31 heavy (non-hydrogen) atoms. The number of carbonyl (C=O) groups excluding carboxylic acids is 3. The van der Waals surface area contributed by atoms with Gasteiger partial charge in [0.15, 0.2) is 0 Å². The lowest BCUT2D eigenvalue weighted by Crippen LogP contribution is -2.33. The maximum Gasteiger partial charge on any atom is 0.261 e. The Morgan fingerprint density at radius 3 is 2.35 bits per heavy atom. The Hall–Kier alpha value is -3.67. The Balaban J connectivity index is 1.43. The maximum atomic E-state index is 13.1. The Morgan fingerprint density at radius 1 is 0.935 bits per heavy atom. The molecule has 0 saturated carbocycles. The van der Waals surface area contributed by atoms with Crippen molar-refractivity contribution in [3.8, 4) is 0 Å². The lowest BCUT2D eigenvalue weighted by Gasteiger charge is -2.23. The van der Waals surface area contributed by atoms with Crippen molar-refractivity contribution in [1.29, 1.82) is 0 Å². The van der Waals surface area contributed by atoms with Gasteiger partial charge in [-0.15, -0.1) is 0 Å². The van der Waals surface area contributed by atoms with Gasteiger partial charge in [-0.2, -0.15) is 0 Å². The van der Waals surface area contributed by atoms with Crippen LogP contribution in [0.4, 0.5) is 5.69 Å². The Kier molecular flexibility index (Phi) is 5.71. The minimum absolute atomic E-state index is 0.0901. The third-order valence-electron chi connectivity index (χ3n) is 5.44. The van der Waals surface area contributed by atoms with Gasteiger partial charge in [-0.3, -0.25) is 19.3 Å². The molecule has 1 aliphatic heterocycles. The fourth-order valence-electron chi connectivity index (χ4n) is 3.74. The summed E-state index contributed by atoms with van der Waals surface area (Å²) < 4.78 is 5.43. The van der Waals surface area contributed by atoms with E-state index in [4.69, 9.17) is 4.42 Å². The van der Waals surface area contributed by atoms with Crippen molar-refractivity contribution in [2.24, 2.45) is 0 Å². The molecule has 2 aromatic carbocycles. The number of furan rings is 1. The topological polar surface area (TPSA) is 70.8 Å². The van der Waals surface area contributed by atoms with E-state index >= 15 is 0 Å². The van der Waals surface area contributed by atoms with Crippen molar-refractivity contribution in [3.05, 3.63) is 88.9 Å². The van der Waals surface area contributed by atoms with Crippen LogP contribution in [-0.2, 0) is 11.3 Å². The Labute approximate surface area is 181 Å². The van der Waals surface area contributed by atoms with E-state index in [-0.39, 0.29) is 30.7 Å². The number of rotatable bonds is 7. The molecule has 0 aliphatic carbocycles. The van der Waals surface area contributed by atoms with Gasteiger partial charge in [-0.1, -0.05) is 29.3 Å². The second kappa shape index (κ2) is 8.60. The highest BCUT2D eigenvalue weighted by Crippen LogP contribution is 2.25. The molecule has 4 rings (SSSR count). The zero-order valence-corrected chi connectivity index (χ0v) is 17.6. The third kappa shape index (κ3) is 4.28. The van der Waals surface area contributed by atoms with Gasteiger partial charge in [0.05, 0.1) is 23.9 Å². The highest BCUT2D eigenvalue weighted by Gasteiger charge is 2.35. The Bertz CT molecular complexity index is 1120. The highest BCUT2D eigenvalue weighted by atomic mass is 16.3. The summed E-state index contributed by atoms with van der Waals surface area (Å²) in [4.78, 5) is 41.2. The molecule has 0 atom stereocenters. The smallest absolute Gasteiger partial charge is 0.261 e. The summed E-state index contributed by atoms with van der Waals surface area (Å²) in [5.74, 6) is 0.0119. The van der Waals surface area contributed by atoms with Crippen molar-refractivity contribution in [2.75, 3.05) is 11.4 Å². The van der Waals surface area contributed by atoms with Gasteiger partial charge in [-0.25, -0.2) is 0 Å². The number of aryl methyl sites for hydroxylation is 2. The molecule has 0 spiro atoms. The van der Waals surface area contributed by atoms with Crippen LogP contribution in [0.5, 0.6) is 0 Å². The molecule has 2 heterocycles. The summed E-state index contributed by atoms with van der Waals surface area (Å²) in [6.07, 6.45) is 2.18. The van der Waals surface area contributed by atoms with Crippen LogP contribution in [0.1, 0.15) is 50.4 Å². The summed E-state index contributed by atoms with van der Waals surface area (Å²) in [7, 11) is 0. The second-order valence-electron chi connectivity index (χ2n) is 7.81. The van der Waals surface area contributed by atoms with E-state index in [1.807, 2.05) is 50.2 Å². The minimum Gasteiger partial charge on any atom is -0.467 e. The van der Waals surface area contributed by atoms with Gasteiger partial charge in [0.25, 0.3) is 11.8 Å². The van der Waals surface area contributed by atoms with Crippen molar-refractivity contribution in [2.45, 2.75) is 33.2 Å². The van der Waals surface area contributed by atoms with E-state index in [1.54, 1.807) is 29.4 Å². The number of nitrogens with zero attached hydrogens (tertiary/aromatic N) is 2. The normalized spacial score (nSPS) is 12.9. The summed E-state index contributed by atoms with van der Waals surface area (Å²) >= 11 is 0. The van der Waals surface area contributed by atoms with E-state index in [2.05, 4.69) is 0 Å². The molecule has 3 aromatic rings. The van der Waals surface area contributed by atoms with Crippen LogP contribution in [-0.4, -0.2) is 29.2 Å². The number of anilines is 1. The van der Waals surface area contributed by atoms with Crippen LogP contribution >= 0.6 is 0 Å². The van der Waals surface area contributed by atoms with E-state index in [0.29, 0.717) is 29.9 Å². The maximum absolute atomic E-state index is 13.1. The van der Waals surface area contributed by atoms with E-state index in [0.717, 1.165) is 16.8 Å². The van der Waals surface area contributed by atoms with E-state index in [9.17, 15) is 14.4 Å². The quantitative estimate of drug-likeness (QED) is 0.532. The standard InChI is InChI=1S/C25H24N2O4/c1-17-7-10-19(11-8-17)27(16-20-5-4-14-31-20)23(28)6-3-13-26-24(29)21-12-9-18(2)15-22(21)25(26)30/h4-5,7-12,14-15H,3,6,13,16H2,1-2H3. The fourth-order valence-corrected chi connectivity index (χ4v) is 3.74. The minimum atomic E-state index is -0.293. The number of hydrogen-bond acceptors (Lipinski definition) is 4. The molecule has 3 amide bonds. The van der Waals surface area contributed by atoms with Gasteiger partial charge in [-0.05, 0) is 56.7 Å². The molecule has 0 radical (unpaired) electrons. The molecule has 0 saturated heterocycles. The van der Waals surface area contributed by atoms with Crippen molar-refractivity contribution in [3.63, 3.8) is 0 Å². The van der Waals surface area contributed by atoms with Crippen LogP contribution < -0.4 is 4.90 Å². The SMILES string of the molecule is Cc1ccc(N(Cc2ccco2)C(=O)CCCN2C(=O)c3ccc(C)cc3C2=O)cc1. The molecule has 1 aromatic heterocycles. The molecule has 0 fully saturated rings. The zero-order chi connectivity index (χ0) is 22.0. The van der Waals surface area contributed by atoms with Crippen LogP contribution in [0.25, 0.3) is 0 Å². The number of fused-ring (bicyclic) bond motifs is 1. The second-order valence-corrected chi connectivity index (χ2v) is 7.81. The number of hydrogen-bond donors (Lipinski definition) is 0. The number of amides is 3. The van der Waals surface area contributed by atoms with Crippen LogP contribution in [0.15, 0.2) is 65.3 Å². The molecule has 158 valence electrons. The molecule has 6 nitrogen and oxygen atoms in total. The monoisotopic (exact) mass is 416 g/mol. The number of carbonyl (C=O) groups is 3. The van der Waals surface area contributed by atoms with Crippen molar-refractivity contribution in [1.82, 2.24) is 4.90 Å². The molecule has 1 aliphatic rings. The zero-order valence-electron chi connectivity index (χ0n) is 17.6. The lowest BCUT2D eigenvalue weighted by molar-refractivity contribution is -0.119. The average Bonchev–Trinajstić information content (AvgIpc) is 3.35. The van der Waals surface area contributed by atoms with Crippen molar-refractivity contribution >= 4 is 23.4 Å². The first kappa shape index (κ1) is 20.6. The average molecular weight is 416 g/mol. The molecular formula is C25H24N2O4. The third-order valence-corrected chi connectivity index (χ3v) is 5.44. The molecule has 0 bridgehead atoms. The number of benzene rings is 2. The van der Waals surface area contributed by atoms with Crippen LogP contribution in [0, 0.1) is 13.8 Å². The van der Waals surface area contributed by atoms with Gasteiger partial charge < -0.3 is 9.32 Å². The lowest BCUT2D eigenvalue weighted by atomic mass is 10.1. The van der Waals surface area contributed by atoms with Gasteiger partial charge in [0.1, 0.15) is 5.76 Å². The molecule has 0 N–H and O–H groups in total. The summed E-state index contributed by atoms with van der Waals surface area (Å²) in [5.41, 5.74) is 3.69. The first-order chi connectivity index (χ1) is 14.9. The predicted molar refractivity (Wildman–Crippen MR) is 117 cm³/mol. The van der Waals surface area contributed by atoms with E-state index < -0.39 is 0 Å². The first-order valence-corrected chi connectivity index (χ1v) is 10.3. The summed E-state index contributed by atoms with van der Waals surface area (Å²) in [6, 6.07) is 16.6. The van der Waals surface area contributed by atoms with Crippen LogP contribution in [0.3, 0.4) is 0 Å². The molecular weight excluding hydrogens is 392 g/mol. The van der Waals surface area contributed by atoms with Gasteiger partial charge in [0.2, 0.25) is 5.91 Å². The molecule has 6 heteroatoms. The van der Waals surface area contributed by atoms with Crippen LogP contribution in [0.2, 0.25) is 0 Å². The molecule has 0 unspecified atom stereocenters. The van der Waals surface area contributed by atoms with E-state index in [1.165, 1.54) is 4.90 Å². The highest BCUT2D eigenvalue weighted by molar-refractivity contribution is 6.21.